The third kappa shape index (κ3) is 3.93. The summed E-state index contributed by atoms with van der Waals surface area (Å²) >= 11 is 0. The van der Waals surface area contributed by atoms with E-state index in [0.29, 0.717) is 34.4 Å². The van der Waals surface area contributed by atoms with Crippen molar-refractivity contribution in [3.63, 3.8) is 0 Å². The van der Waals surface area contributed by atoms with Crippen LogP contribution in [0.5, 0.6) is 23.0 Å². The number of methoxy groups -OCH3 is 2. The number of ether oxygens (including phenoxy) is 4. The van der Waals surface area contributed by atoms with E-state index >= 15 is 0 Å². The molecule has 0 spiro atoms. The lowest BCUT2D eigenvalue weighted by atomic mass is 10.2. The van der Waals surface area contributed by atoms with Crippen LogP contribution in [0.25, 0.3) is 11.4 Å². The number of hydrogen-bond acceptors (Lipinski definition) is 8. The summed E-state index contributed by atoms with van der Waals surface area (Å²) in [5, 5.41) is 6.68. The molecule has 29 heavy (non-hydrogen) atoms. The quantitative estimate of drug-likeness (QED) is 0.675. The summed E-state index contributed by atoms with van der Waals surface area (Å²) in [6.07, 6.45) is -0.756. The Labute approximate surface area is 166 Å². The first-order valence-electron chi connectivity index (χ1n) is 8.89. The van der Waals surface area contributed by atoms with Crippen molar-refractivity contribution in [1.82, 2.24) is 15.5 Å². The summed E-state index contributed by atoms with van der Waals surface area (Å²) in [4.78, 5) is 16.7. The number of carbonyl (C=O) groups is 1. The highest BCUT2D eigenvalue weighted by molar-refractivity contribution is 5.81. The molecule has 1 aromatic heterocycles. The number of rotatable bonds is 6. The zero-order chi connectivity index (χ0) is 20.2. The maximum atomic E-state index is 12.4. The van der Waals surface area contributed by atoms with Crippen LogP contribution >= 0.6 is 0 Å². The number of amides is 1. The van der Waals surface area contributed by atoms with Crippen molar-refractivity contribution in [3.05, 3.63) is 48.4 Å². The number of hydrogen-bond donors (Lipinski definition) is 1. The summed E-state index contributed by atoms with van der Waals surface area (Å²) in [5.74, 6) is 2.62. The standard InChI is InChI=1S/C20H19N3O6/c1-25-12-7-8-13(16(9-12)26-2)19-22-18(29-23-19)10-21-20(24)17-11-27-14-5-3-4-6-15(14)28-17/h3-9,17H,10-11H2,1-2H3,(H,21,24)/t17-/m1/s1. The summed E-state index contributed by atoms with van der Waals surface area (Å²) < 4.78 is 27.0. The predicted octanol–water partition coefficient (Wildman–Crippen LogP) is 2.21. The molecule has 9 heteroatoms. The first-order valence-corrected chi connectivity index (χ1v) is 8.89. The van der Waals surface area contributed by atoms with Crippen LogP contribution in [-0.4, -0.2) is 43.0 Å². The highest BCUT2D eigenvalue weighted by atomic mass is 16.6. The van der Waals surface area contributed by atoms with Crippen molar-refractivity contribution in [2.24, 2.45) is 0 Å². The van der Waals surface area contributed by atoms with Crippen molar-refractivity contribution < 1.29 is 28.3 Å². The fourth-order valence-corrected chi connectivity index (χ4v) is 2.84. The Morgan fingerprint density at radius 2 is 2.00 bits per heavy atom. The average Bonchev–Trinajstić information content (AvgIpc) is 3.25. The van der Waals surface area contributed by atoms with E-state index in [1.807, 2.05) is 12.1 Å². The molecule has 0 bridgehead atoms. The number of nitrogens with one attached hydrogen (secondary N) is 1. The van der Waals surface area contributed by atoms with Crippen LogP contribution in [-0.2, 0) is 11.3 Å². The Morgan fingerprint density at radius 3 is 2.79 bits per heavy atom. The molecule has 0 radical (unpaired) electrons. The molecule has 0 saturated carbocycles. The molecule has 1 amide bonds. The minimum Gasteiger partial charge on any atom is -0.497 e. The van der Waals surface area contributed by atoms with Crippen molar-refractivity contribution in [2.75, 3.05) is 20.8 Å². The molecular formula is C20H19N3O6. The maximum absolute atomic E-state index is 12.4. The monoisotopic (exact) mass is 397 g/mol. The highest BCUT2D eigenvalue weighted by Gasteiger charge is 2.27. The van der Waals surface area contributed by atoms with Gasteiger partial charge in [-0.2, -0.15) is 4.98 Å². The molecule has 4 rings (SSSR count). The molecule has 0 unspecified atom stereocenters. The van der Waals surface area contributed by atoms with Crippen LogP contribution in [0.3, 0.4) is 0 Å². The smallest absolute Gasteiger partial charge is 0.265 e. The maximum Gasteiger partial charge on any atom is 0.265 e. The lowest BCUT2D eigenvalue weighted by Crippen LogP contribution is -2.43. The van der Waals surface area contributed by atoms with Gasteiger partial charge in [0.15, 0.2) is 11.5 Å². The number of benzene rings is 2. The first kappa shape index (κ1) is 18.6. The van der Waals surface area contributed by atoms with Crippen molar-refractivity contribution in [1.29, 1.82) is 0 Å². The van der Waals surface area contributed by atoms with Gasteiger partial charge in [0.2, 0.25) is 17.8 Å². The van der Waals surface area contributed by atoms with Crippen LogP contribution < -0.4 is 24.3 Å². The molecule has 2 aromatic carbocycles. The molecule has 1 aliphatic heterocycles. The van der Waals surface area contributed by atoms with Gasteiger partial charge in [0.05, 0.1) is 26.3 Å². The fraction of sp³-hybridized carbons (Fsp3) is 0.250. The summed E-state index contributed by atoms with van der Waals surface area (Å²) in [5.41, 5.74) is 0.648. The molecule has 0 aliphatic carbocycles. The van der Waals surface area contributed by atoms with Crippen molar-refractivity contribution in [3.8, 4) is 34.4 Å². The van der Waals surface area contributed by atoms with Gasteiger partial charge in [0.25, 0.3) is 5.91 Å². The van der Waals surface area contributed by atoms with E-state index in [4.69, 9.17) is 23.5 Å². The molecule has 0 fully saturated rings. The van der Waals surface area contributed by atoms with E-state index in [-0.39, 0.29) is 24.9 Å². The second-order valence-corrected chi connectivity index (χ2v) is 6.16. The molecule has 1 atom stereocenters. The van der Waals surface area contributed by atoms with Gasteiger partial charge < -0.3 is 28.8 Å². The third-order valence-corrected chi connectivity index (χ3v) is 4.33. The van der Waals surface area contributed by atoms with Crippen LogP contribution in [0.2, 0.25) is 0 Å². The Morgan fingerprint density at radius 1 is 1.17 bits per heavy atom. The minimum absolute atomic E-state index is 0.0613. The highest BCUT2D eigenvalue weighted by Crippen LogP contribution is 2.32. The second kappa shape index (κ2) is 8.09. The van der Waals surface area contributed by atoms with Gasteiger partial charge in [-0.25, -0.2) is 0 Å². The normalized spacial score (nSPS) is 14.9. The molecule has 0 saturated heterocycles. The van der Waals surface area contributed by atoms with Crippen molar-refractivity contribution in [2.45, 2.75) is 12.6 Å². The number of para-hydroxylation sites is 2. The predicted molar refractivity (Wildman–Crippen MR) is 101 cm³/mol. The summed E-state index contributed by atoms with van der Waals surface area (Å²) in [7, 11) is 3.12. The van der Waals surface area contributed by atoms with Crippen LogP contribution in [0.4, 0.5) is 0 Å². The van der Waals surface area contributed by atoms with E-state index in [1.165, 1.54) is 0 Å². The van der Waals surface area contributed by atoms with Gasteiger partial charge in [-0.05, 0) is 24.3 Å². The molecule has 1 N–H and O–H groups in total. The van der Waals surface area contributed by atoms with Gasteiger partial charge in [-0.3, -0.25) is 4.79 Å². The van der Waals surface area contributed by atoms with E-state index in [1.54, 1.807) is 44.6 Å². The summed E-state index contributed by atoms with van der Waals surface area (Å²) in [6, 6.07) is 12.5. The second-order valence-electron chi connectivity index (χ2n) is 6.16. The Bertz CT molecular complexity index is 1020. The molecule has 1 aliphatic rings. The topological polar surface area (TPSA) is 105 Å². The number of carbonyl (C=O) groups excluding carboxylic acids is 1. The van der Waals surface area contributed by atoms with Crippen LogP contribution in [0.1, 0.15) is 5.89 Å². The molecule has 3 aromatic rings. The zero-order valence-electron chi connectivity index (χ0n) is 15.9. The van der Waals surface area contributed by atoms with E-state index < -0.39 is 6.10 Å². The van der Waals surface area contributed by atoms with Gasteiger partial charge in [0.1, 0.15) is 18.1 Å². The van der Waals surface area contributed by atoms with E-state index in [0.717, 1.165) is 0 Å². The molecule has 2 heterocycles. The number of aromatic nitrogens is 2. The Kier molecular flexibility index (Phi) is 5.19. The first-order chi connectivity index (χ1) is 14.2. The Hall–Kier alpha value is -3.75. The zero-order valence-corrected chi connectivity index (χ0v) is 15.9. The lowest BCUT2D eigenvalue weighted by molar-refractivity contribution is -0.130. The van der Waals surface area contributed by atoms with Crippen molar-refractivity contribution >= 4 is 5.91 Å². The van der Waals surface area contributed by atoms with Gasteiger partial charge in [-0.15, -0.1) is 0 Å². The largest absolute Gasteiger partial charge is 0.497 e. The van der Waals surface area contributed by atoms with Gasteiger partial charge >= 0.3 is 0 Å². The average molecular weight is 397 g/mol. The summed E-state index contributed by atoms with van der Waals surface area (Å²) in [6.45, 7) is 0.187. The molecule has 150 valence electrons. The van der Waals surface area contributed by atoms with Gasteiger partial charge in [-0.1, -0.05) is 17.3 Å². The molecule has 9 nitrogen and oxygen atoms in total. The van der Waals surface area contributed by atoms with E-state index in [9.17, 15) is 4.79 Å². The SMILES string of the molecule is COc1ccc(-c2noc(CNC(=O)[C@H]3COc4ccccc4O3)n2)c(OC)c1. The fourth-order valence-electron chi connectivity index (χ4n) is 2.84. The van der Waals surface area contributed by atoms with Crippen LogP contribution in [0.15, 0.2) is 47.0 Å². The number of nitrogens with zero attached hydrogens (tertiary/aromatic N) is 2. The third-order valence-electron chi connectivity index (χ3n) is 4.33. The van der Waals surface area contributed by atoms with Crippen LogP contribution in [0, 0.1) is 0 Å². The lowest BCUT2D eigenvalue weighted by Gasteiger charge is -2.25. The van der Waals surface area contributed by atoms with Gasteiger partial charge in [0, 0.05) is 6.07 Å². The molecular weight excluding hydrogens is 378 g/mol. The van der Waals surface area contributed by atoms with E-state index in [2.05, 4.69) is 15.5 Å². The minimum atomic E-state index is -0.756. The number of fused-ring (bicyclic) bond motifs is 1. The Balaban J connectivity index is 1.39.